The lowest BCUT2D eigenvalue weighted by atomic mass is 9.88. The summed E-state index contributed by atoms with van der Waals surface area (Å²) in [5, 5.41) is 11.2. The number of nitrogens with one attached hydrogen (secondary N) is 3. The number of imidazole rings is 1. The summed E-state index contributed by atoms with van der Waals surface area (Å²) in [6.07, 6.45) is 7.25. The van der Waals surface area contributed by atoms with Crippen LogP contribution in [0.3, 0.4) is 0 Å². The van der Waals surface area contributed by atoms with Crippen LogP contribution in [0.1, 0.15) is 84.6 Å². The number of aromatic nitrogens is 3. The van der Waals surface area contributed by atoms with E-state index in [1.165, 1.54) is 18.4 Å². The first-order valence-corrected chi connectivity index (χ1v) is 23.0. The summed E-state index contributed by atoms with van der Waals surface area (Å²) in [4.78, 5) is 61.9. The lowest BCUT2D eigenvalue weighted by Gasteiger charge is -2.36. The minimum atomic E-state index is -0.663. The number of carbonyl (C=O) groups excluding carboxylic acids is 3. The highest BCUT2D eigenvalue weighted by Crippen LogP contribution is 2.41. The Labute approximate surface area is 359 Å². The molecular formula is C48H54N8O4S. The van der Waals surface area contributed by atoms with E-state index in [0.717, 1.165) is 124 Å². The number of piperidine rings is 3. The van der Waals surface area contributed by atoms with E-state index in [4.69, 9.17) is 4.98 Å². The maximum atomic E-state index is 13.4. The van der Waals surface area contributed by atoms with Gasteiger partial charge in [-0.3, -0.25) is 28.8 Å². The first-order chi connectivity index (χ1) is 29.7. The SMILES string of the molecule is C[C@@H]1CNc2c(sc3ccc4nc(-c5cccc(C6CCN(CCN7CCC(CCc8cccc9c8n(C)c(=O)n9C8CCC(=O)NC8=O)CC7)CC6)c5)ccc4c23)C(=O)N1. The molecule has 3 saturated heterocycles. The number of imide groups is 1. The Morgan fingerprint density at radius 3 is 2.41 bits per heavy atom. The van der Waals surface area contributed by atoms with Crippen LogP contribution in [0.5, 0.6) is 0 Å². The van der Waals surface area contributed by atoms with Crippen LogP contribution in [-0.2, 0) is 23.1 Å². The molecule has 7 heterocycles. The zero-order valence-electron chi connectivity index (χ0n) is 35.0. The standard InChI is InChI=1S/C48H54N8O4S/c1-29-28-49-43-42-35-11-12-36(51-37(35)13-15-40(42)61-45(43)47(59)50-29)34-7-3-6-33(27-34)31-19-23-55(24-20-31)26-25-54-21-17-30(18-22-54)9-10-32-5-4-8-38-44(32)53(2)48(60)56(38)39-14-16-41(57)52-46(39)58/h3-8,11-13,15,27,29-31,39,49H,9-10,14,16-26,28H2,1-2H3,(H,50,59)(H,52,57,58)/t29-,39?/m1/s1. The number of thiophene rings is 1. The summed E-state index contributed by atoms with van der Waals surface area (Å²) in [6.45, 7) is 9.42. The summed E-state index contributed by atoms with van der Waals surface area (Å²) < 4.78 is 4.36. The first-order valence-electron chi connectivity index (χ1n) is 22.2. The third kappa shape index (κ3) is 7.65. The molecule has 61 heavy (non-hydrogen) atoms. The second kappa shape index (κ2) is 16.5. The van der Waals surface area contributed by atoms with Gasteiger partial charge in [0.15, 0.2) is 0 Å². The molecule has 3 N–H and O–H groups in total. The predicted octanol–water partition coefficient (Wildman–Crippen LogP) is 6.82. The van der Waals surface area contributed by atoms with Crippen molar-refractivity contribution in [1.29, 1.82) is 0 Å². The molecule has 0 aliphatic carbocycles. The van der Waals surface area contributed by atoms with Crippen molar-refractivity contribution in [3.63, 3.8) is 0 Å². The fourth-order valence-corrected chi connectivity index (χ4v) is 11.5. The molecule has 1 unspecified atom stereocenters. The number of fused-ring (bicyclic) bond motifs is 6. The van der Waals surface area contributed by atoms with E-state index in [9.17, 15) is 19.2 Å². The molecule has 3 aromatic carbocycles. The van der Waals surface area contributed by atoms with Gasteiger partial charge in [0.05, 0.1) is 27.9 Å². The van der Waals surface area contributed by atoms with E-state index in [-0.39, 0.29) is 30.0 Å². The fraction of sp³-hybridized carbons (Fsp3) is 0.438. The highest BCUT2D eigenvalue weighted by Gasteiger charge is 2.32. The molecule has 0 spiro atoms. The zero-order valence-corrected chi connectivity index (χ0v) is 35.9. The van der Waals surface area contributed by atoms with Crippen LogP contribution in [-0.4, -0.2) is 93.5 Å². The van der Waals surface area contributed by atoms with Crippen molar-refractivity contribution in [2.45, 2.75) is 76.3 Å². The highest BCUT2D eigenvalue weighted by molar-refractivity contribution is 7.21. The predicted molar refractivity (Wildman–Crippen MR) is 242 cm³/mol. The molecule has 4 aliphatic rings. The molecule has 12 nitrogen and oxygen atoms in total. The number of nitrogens with zero attached hydrogens (tertiary/aromatic N) is 5. The van der Waals surface area contributed by atoms with Gasteiger partial charge >= 0.3 is 5.69 Å². The van der Waals surface area contributed by atoms with Crippen molar-refractivity contribution in [3.05, 3.63) is 93.2 Å². The molecule has 3 aromatic heterocycles. The van der Waals surface area contributed by atoms with Gasteiger partial charge in [0.2, 0.25) is 11.8 Å². The number of anilines is 1. The third-order valence-corrected chi connectivity index (χ3v) is 15.1. The molecule has 4 aliphatic heterocycles. The quantitative estimate of drug-likeness (QED) is 0.135. The van der Waals surface area contributed by atoms with Gasteiger partial charge in [0.1, 0.15) is 10.9 Å². The normalized spacial score (nSPS) is 21.1. The maximum absolute atomic E-state index is 13.4. The number of carbonyl (C=O) groups is 3. The Morgan fingerprint density at radius 2 is 1.62 bits per heavy atom. The average Bonchev–Trinajstić information content (AvgIpc) is 3.74. The van der Waals surface area contributed by atoms with Crippen molar-refractivity contribution >= 4 is 66.8 Å². The summed E-state index contributed by atoms with van der Waals surface area (Å²) in [7, 11) is 1.79. The van der Waals surface area contributed by atoms with Crippen LogP contribution in [0.15, 0.2) is 71.5 Å². The second-order valence-electron chi connectivity index (χ2n) is 17.8. The highest BCUT2D eigenvalue weighted by atomic mass is 32.1. The van der Waals surface area contributed by atoms with E-state index in [2.05, 4.69) is 80.3 Å². The molecule has 0 bridgehead atoms. The van der Waals surface area contributed by atoms with Crippen molar-refractivity contribution in [2.24, 2.45) is 13.0 Å². The van der Waals surface area contributed by atoms with Gasteiger partial charge in [-0.25, -0.2) is 9.78 Å². The Kier molecular flexibility index (Phi) is 10.7. The average molecular weight is 839 g/mol. The summed E-state index contributed by atoms with van der Waals surface area (Å²) >= 11 is 1.54. The van der Waals surface area contributed by atoms with Gasteiger partial charge in [0.25, 0.3) is 5.91 Å². The topological polar surface area (TPSA) is 134 Å². The van der Waals surface area contributed by atoms with Crippen LogP contribution in [0, 0.1) is 5.92 Å². The van der Waals surface area contributed by atoms with E-state index in [0.29, 0.717) is 24.8 Å². The molecule has 10 rings (SSSR count). The number of aryl methyl sites for hydroxylation is 2. The molecule has 2 atom stereocenters. The molecule has 0 saturated carbocycles. The number of pyridine rings is 1. The Hall–Kier alpha value is -5.37. The number of hydrogen-bond acceptors (Lipinski definition) is 9. The molecule has 316 valence electrons. The van der Waals surface area contributed by atoms with Gasteiger partial charge < -0.3 is 20.4 Å². The number of likely N-dealkylation sites (tertiary alicyclic amines) is 2. The number of para-hydroxylation sites is 1. The summed E-state index contributed by atoms with van der Waals surface area (Å²) in [5.41, 5.74) is 7.99. The molecule has 6 aromatic rings. The number of rotatable bonds is 9. The third-order valence-electron chi connectivity index (χ3n) is 13.9. The molecular weight excluding hydrogens is 785 g/mol. The molecule has 3 fully saturated rings. The summed E-state index contributed by atoms with van der Waals surface area (Å²) in [6, 6.07) is 22.9. The molecule has 13 heteroatoms. The van der Waals surface area contributed by atoms with Gasteiger partial charge in [0, 0.05) is 60.2 Å². The Balaban J connectivity index is 0.712. The van der Waals surface area contributed by atoms with Gasteiger partial charge in [-0.1, -0.05) is 30.3 Å². The zero-order chi connectivity index (χ0) is 41.8. The first kappa shape index (κ1) is 39.7. The van der Waals surface area contributed by atoms with Gasteiger partial charge in [-0.2, -0.15) is 0 Å². The minimum absolute atomic E-state index is 0.00965. The van der Waals surface area contributed by atoms with E-state index in [1.54, 1.807) is 27.5 Å². The van der Waals surface area contributed by atoms with Gasteiger partial charge in [-0.05, 0) is 137 Å². The molecule has 3 amide bonds. The maximum Gasteiger partial charge on any atom is 0.329 e. The lowest BCUT2D eigenvalue weighted by molar-refractivity contribution is -0.135. The number of amides is 3. The smallest absolute Gasteiger partial charge is 0.329 e. The summed E-state index contributed by atoms with van der Waals surface area (Å²) in [5.74, 6) is 0.502. The van der Waals surface area contributed by atoms with E-state index >= 15 is 0 Å². The Morgan fingerprint density at radius 1 is 0.852 bits per heavy atom. The monoisotopic (exact) mass is 838 g/mol. The van der Waals surface area contributed by atoms with Crippen LogP contribution < -0.4 is 21.6 Å². The van der Waals surface area contributed by atoms with Crippen molar-refractivity contribution in [1.82, 2.24) is 34.6 Å². The molecule has 0 radical (unpaired) electrons. The largest absolute Gasteiger partial charge is 0.381 e. The van der Waals surface area contributed by atoms with Crippen LogP contribution in [0.2, 0.25) is 0 Å². The van der Waals surface area contributed by atoms with E-state index in [1.807, 2.05) is 19.1 Å². The van der Waals surface area contributed by atoms with Crippen molar-refractivity contribution in [3.8, 4) is 11.3 Å². The Bertz CT molecular complexity index is 2740. The second-order valence-corrected chi connectivity index (χ2v) is 18.8. The van der Waals surface area contributed by atoms with Crippen LogP contribution in [0.25, 0.3) is 43.3 Å². The number of benzene rings is 3. The van der Waals surface area contributed by atoms with Crippen LogP contribution >= 0.6 is 11.3 Å². The minimum Gasteiger partial charge on any atom is -0.381 e. The van der Waals surface area contributed by atoms with Crippen molar-refractivity contribution < 1.29 is 14.4 Å². The number of hydrogen-bond donors (Lipinski definition) is 3. The fourth-order valence-electron chi connectivity index (χ4n) is 10.4. The van der Waals surface area contributed by atoms with Crippen molar-refractivity contribution in [2.75, 3.05) is 51.1 Å². The van der Waals surface area contributed by atoms with E-state index < -0.39 is 11.9 Å². The van der Waals surface area contributed by atoms with Crippen LogP contribution in [0.4, 0.5) is 5.69 Å². The lowest BCUT2D eigenvalue weighted by Crippen LogP contribution is -2.44. The van der Waals surface area contributed by atoms with Gasteiger partial charge in [-0.15, -0.1) is 11.3 Å².